The molecule has 0 unspecified atom stereocenters. The minimum atomic E-state index is 0.241. The van der Waals surface area contributed by atoms with Gasteiger partial charge in [0.15, 0.2) is 0 Å². The second-order valence-electron chi connectivity index (χ2n) is 7.35. The number of carbonyl (C=O) groups excluding carboxylic acids is 1. The highest BCUT2D eigenvalue weighted by molar-refractivity contribution is 5.76. The lowest BCUT2D eigenvalue weighted by molar-refractivity contribution is -0.132. The van der Waals surface area contributed by atoms with E-state index >= 15 is 0 Å². The van der Waals surface area contributed by atoms with Crippen molar-refractivity contribution in [2.45, 2.75) is 44.7 Å². The highest BCUT2D eigenvalue weighted by Gasteiger charge is 2.28. The first kappa shape index (κ1) is 18.6. The van der Waals surface area contributed by atoms with Gasteiger partial charge in [0.05, 0.1) is 12.9 Å². The van der Waals surface area contributed by atoms with Gasteiger partial charge in [0.25, 0.3) is 0 Å². The summed E-state index contributed by atoms with van der Waals surface area (Å²) in [5.74, 6) is 2.48. The predicted octanol–water partition coefficient (Wildman–Crippen LogP) is 1.26. The summed E-state index contributed by atoms with van der Waals surface area (Å²) in [7, 11) is 6.08. The van der Waals surface area contributed by atoms with E-state index in [0.717, 1.165) is 57.1 Å². The van der Waals surface area contributed by atoms with Gasteiger partial charge in [-0.15, -0.1) is 10.2 Å². The third kappa shape index (κ3) is 4.49. The summed E-state index contributed by atoms with van der Waals surface area (Å²) in [6.45, 7) is 3.20. The Hall–Kier alpha value is -2.22. The van der Waals surface area contributed by atoms with Crippen molar-refractivity contribution in [3.05, 3.63) is 30.4 Å². The normalized spacial score (nSPS) is 17.8. The van der Waals surface area contributed by atoms with Gasteiger partial charge in [-0.1, -0.05) is 0 Å². The highest BCUT2D eigenvalue weighted by Crippen LogP contribution is 2.26. The first-order valence-corrected chi connectivity index (χ1v) is 9.31. The van der Waals surface area contributed by atoms with Gasteiger partial charge in [0, 0.05) is 51.4 Å². The van der Waals surface area contributed by atoms with Crippen LogP contribution < -0.4 is 0 Å². The van der Waals surface area contributed by atoms with Gasteiger partial charge in [0.2, 0.25) is 5.91 Å². The number of likely N-dealkylation sites (tertiary alicyclic amines) is 1. The molecule has 0 aromatic carbocycles. The molecular formula is C18H29N7O. The van der Waals surface area contributed by atoms with Crippen molar-refractivity contribution in [3.63, 3.8) is 0 Å². The molecule has 0 saturated carbocycles. The second-order valence-corrected chi connectivity index (χ2v) is 7.35. The van der Waals surface area contributed by atoms with Crippen LogP contribution in [0.5, 0.6) is 0 Å². The van der Waals surface area contributed by atoms with E-state index in [1.165, 1.54) is 0 Å². The maximum atomic E-state index is 12.6. The van der Waals surface area contributed by atoms with Crippen LogP contribution >= 0.6 is 0 Å². The lowest BCUT2D eigenvalue weighted by Crippen LogP contribution is -2.39. The fraction of sp³-hybridized carbons (Fsp3) is 0.667. The average Bonchev–Trinajstić information content (AvgIpc) is 3.25. The summed E-state index contributed by atoms with van der Waals surface area (Å²) in [4.78, 5) is 20.7. The highest BCUT2D eigenvalue weighted by atomic mass is 16.2. The maximum Gasteiger partial charge on any atom is 0.222 e. The van der Waals surface area contributed by atoms with E-state index in [1.807, 2.05) is 36.8 Å². The molecule has 1 aliphatic rings. The van der Waals surface area contributed by atoms with Crippen LogP contribution in [0.2, 0.25) is 0 Å². The lowest BCUT2D eigenvalue weighted by atomic mass is 9.96. The summed E-state index contributed by atoms with van der Waals surface area (Å²) in [5.41, 5.74) is 0. The van der Waals surface area contributed by atoms with E-state index < -0.39 is 0 Å². The molecular weight excluding hydrogens is 330 g/mol. The molecule has 1 atom stereocenters. The molecule has 0 bridgehead atoms. The van der Waals surface area contributed by atoms with E-state index in [4.69, 9.17) is 0 Å². The Bertz CT molecular complexity index is 707. The number of nitrogens with zero attached hydrogens (tertiary/aromatic N) is 7. The number of aryl methyl sites for hydroxylation is 1. The minimum Gasteiger partial charge on any atom is -0.342 e. The standard InChI is InChI=1S/C18H29N7O/c1-22(2)13-16-20-21-18(23(16)3)15-6-4-10-25(12-15)17(26)7-5-9-24-11-8-19-14-24/h8,11,14-15H,4-7,9-10,12-13H2,1-3H3/t15-/m0/s1. The number of imidazole rings is 1. The number of amides is 1. The molecule has 2 aromatic heterocycles. The van der Waals surface area contributed by atoms with Gasteiger partial charge in [-0.05, 0) is 33.4 Å². The zero-order valence-corrected chi connectivity index (χ0v) is 16.0. The smallest absolute Gasteiger partial charge is 0.222 e. The van der Waals surface area contributed by atoms with Crippen molar-refractivity contribution < 1.29 is 4.79 Å². The van der Waals surface area contributed by atoms with E-state index in [0.29, 0.717) is 6.42 Å². The number of aromatic nitrogens is 5. The van der Waals surface area contributed by atoms with Gasteiger partial charge in [-0.3, -0.25) is 4.79 Å². The van der Waals surface area contributed by atoms with Crippen molar-refractivity contribution >= 4 is 5.91 Å². The molecule has 0 aliphatic carbocycles. The Morgan fingerprint density at radius 1 is 1.35 bits per heavy atom. The molecule has 26 heavy (non-hydrogen) atoms. The molecule has 1 aliphatic heterocycles. The first-order chi connectivity index (χ1) is 12.5. The van der Waals surface area contributed by atoms with Gasteiger partial charge in [-0.2, -0.15) is 0 Å². The Morgan fingerprint density at radius 3 is 2.92 bits per heavy atom. The fourth-order valence-electron chi connectivity index (χ4n) is 3.56. The maximum absolute atomic E-state index is 12.6. The van der Waals surface area contributed by atoms with Crippen molar-refractivity contribution in [1.29, 1.82) is 0 Å². The minimum absolute atomic E-state index is 0.241. The average molecular weight is 359 g/mol. The molecule has 8 heteroatoms. The van der Waals surface area contributed by atoms with Crippen LogP contribution in [0.4, 0.5) is 0 Å². The Morgan fingerprint density at radius 2 is 2.19 bits per heavy atom. The first-order valence-electron chi connectivity index (χ1n) is 9.31. The molecule has 8 nitrogen and oxygen atoms in total. The second kappa shape index (κ2) is 8.44. The van der Waals surface area contributed by atoms with E-state index in [1.54, 1.807) is 12.5 Å². The molecule has 2 aromatic rings. The number of piperidine rings is 1. The molecule has 3 heterocycles. The SMILES string of the molecule is CN(C)Cc1nnc([C@H]2CCCN(C(=O)CCCn3ccnc3)C2)n1C. The van der Waals surface area contributed by atoms with Crippen LogP contribution in [0.15, 0.2) is 18.7 Å². The van der Waals surface area contributed by atoms with Gasteiger partial charge < -0.3 is 18.9 Å². The number of hydrogen-bond acceptors (Lipinski definition) is 5. The van der Waals surface area contributed by atoms with Crippen LogP contribution in [0, 0.1) is 0 Å². The zero-order chi connectivity index (χ0) is 18.5. The zero-order valence-electron chi connectivity index (χ0n) is 16.0. The van der Waals surface area contributed by atoms with Crippen molar-refractivity contribution in [2.24, 2.45) is 7.05 Å². The van der Waals surface area contributed by atoms with Gasteiger partial charge in [-0.25, -0.2) is 4.98 Å². The molecule has 1 fully saturated rings. The van der Waals surface area contributed by atoms with Crippen LogP contribution in [-0.4, -0.2) is 67.2 Å². The summed E-state index contributed by atoms with van der Waals surface area (Å²) in [6.07, 6.45) is 8.99. The molecule has 0 spiro atoms. The predicted molar refractivity (Wildman–Crippen MR) is 98.4 cm³/mol. The Labute approximate surface area is 154 Å². The molecule has 0 radical (unpaired) electrons. The monoisotopic (exact) mass is 359 g/mol. The van der Waals surface area contributed by atoms with E-state index in [9.17, 15) is 4.79 Å². The molecule has 0 N–H and O–H groups in total. The van der Waals surface area contributed by atoms with Crippen molar-refractivity contribution in [2.75, 3.05) is 27.2 Å². The summed E-state index contributed by atoms with van der Waals surface area (Å²) in [6, 6.07) is 0. The van der Waals surface area contributed by atoms with E-state index in [-0.39, 0.29) is 11.8 Å². The summed E-state index contributed by atoms with van der Waals surface area (Å²) >= 11 is 0. The largest absolute Gasteiger partial charge is 0.342 e. The fourth-order valence-corrected chi connectivity index (χ4v) is 3.56. The van der Waals surface area contributed by atoms with Crippen LogP contribution in [0.3, 0.4) is 0 Å². The quantitative estimate of drug-likeness (QED) is 0.744. The molecule has 3 rings (SSSR count). The number of hydrogen-bond donors (Lipinski definition) is 0. The van der Waals surface area contributed by atoms with Crippen LogP contribution in [0.25, 0.3) is 0 Å². The molecule has 1 saturated heterocycles. The summed E-state index contributed by atoms with van der Waals surface area (Å²) < 4.78 is 4.11. The Kier molecular flexibility index (Phi) is 6.03. The van der Waals surface area contributed by atoms with Crippen LogP contribution in [-0.2, 0) is 24.9 Å². The number of carbonyl (C=O) groups is 1. The molecule has 142 valence electrons. The Balaban J connectivity index is 1.55. The number of rotatable bonds is 7. The van der Waals surface area contributed by atoms with Crippen molar-refractivity contribution in [3.8, 4) is 0 Å². The third-order valence-corrected chi connectivity index (χ3v) is 4.96. The topological polar surface area (TPSA) is 72.1 Å². The van der Waals surface area contributed by atoms with Gasteiger partial charge in [0.1, 0.15) is 11.6 Å². The third-order valence-electron chi connectivity index (χ3n) is 4.96. The molecule has 1 amide bonds. The lowest BCUT2D eigenvalue weighted by Gasteiger charge is -2.32. The van der Waals surface area contributed by atoms with Crippen LogP contribution in [0.1, 0.15) is 43.3 Å². The summed E-state index contributed by atoms with van der Waals surface area (Å²) in [5, 5.41) is 8.76. The van der Waals surface area contributed by atoms with Gasteiger partial charge >= 0.3 is 0 Å². The van der Waals surface area contributed by atoms with Crippen molar-refractivity contribution in [1.82, 2.24) is 34.1 Å². The van der Waals surface area contributed by atoms with E-state index in [2.05, 4.69) is 24.6 Å².